The van der Waals surface area contributed by atoms with E-state index < -0.39 is 4.92 Å². The van der Waals surface area contributed by atoms with Crippen molar-refractivity contribution in [1.82, 2.24) is 0 Å². The van der Waals surface area contributed by atoms with E-state index >= 15 is 0 Å². The van der Waals surface area contributed by atoms with Gasteiger partial charge in [0.05, 0.1) is 23.2 Å². The molecule has 1 aromatic carbocycles. The summed E-state index contributed by atoms with van der Waals surface area (Å²) in [4.78, 5) is 10.0. The quantitative estimate of drug-likeness (QED) is 0.541. The van der Waals surface area contributed by atoms with Gasteiger partial charge in [0.25, 0.3) is 0 Å². The van der Waals surface area contributed by atoms with Gasteiger partial charge in [0, 0.05) is 12.1 Å². The molecule has 0 heterocycles. The standard InChI is InChI=1S/C9H8N2O3/c1-2-14-9-5-7(6-10)3-4-8(9)11(12)13/h3-5H,2H2,1H3. The summed E-state index contributed by atoms with van der Waals surface area (Å²) < 4.78 is 5.05. The van der Waals surface area contributed by atoms with Gasteiger partial charge in [-0.1, -0.05) is 0 Å². The molecule has 0 fully saturated rings. The molecule has 72 valence electrons. The zero-order valence-electron chi connectivity index (χ0n) is 7.56. The van der Waals surface area contributed by atoms with Crippen LogP contribution in [0.15, 0.2) is 18.2 Å². The van der Waals surface area contributed by atoms with Crippen molar-refractivity contribution in [3.8, 4) is 11.8 Å². The maximum atomic E-state index is 10.5. The van der Waals surface area contributed by atoms with E-state index in [2.05, 4.69) is 0 Å². The fourth-order valence-corrected chi connectivity index (χ4v) is 1.01. The van der Waals surface area contributed by atoms with Gasteiger partial charge in [-0.05, 0) is 13.0 Å². The molecule has 0 bridgehead atoms. The molecule has 1 aromatic rings. The van der Waals surface area contributed by atoms with Crippen LogP contribution in [0.4, 0.5) is 5.69 Å². The second-order valence-electron chi connectivity index (χ2n) is 2.48. The van der Waals surface area contributed by atoms with Crippen molar-refractivity contribution >= 4 is 5.69 Å². The largest absolute Gasteiger partial charge is 0.487 e. The number of nitriles is 1. The first-order valence-corrected chi connectivity index (χ1v) is 4.00. The molecule has 0 saturated carbocycles. The van der Waals surface area contributed by atoms with Gasteiger partial charge in [0.1, 0.15) is 0 Å². The third-order valence-electron chi connectivity index (χ3n) is 1.59. The number of ether oxygens (including phenoxy) is 1. The van der Waals surface area contributed by atoms with Gasteiger partial charge in [-0.3, -0.25) is 10.1 Å². The van der Waals surface area contributed by atoms with E-state index in [1.807, 2.05) is 6.07 Å². The minimum Gasteiger partial charge on any atom is -0.487 e. The van der Waals surface area contributed by atoms with E-state index in [-0.39, 0.29) is 11.4 Å². The number of hydrogen-bond acceptors (Lipinski definition) is 4. The Hall–Kier alpha value is -2.09. The van der Waals surface area contributed by atoms with Gasteiger partial charge in [-0.15, -0.1) is 0 Å². The van der Waals surface area contributed by atoms with Crippen LogP contribution in [0, 0.1) is 21.4 Å². The van der Waals surface area contributed by atoms with Gasteiger partial charge < -0.3 is 4.74 Å². The number of nitro groups is 1. The Morgan fingerprint density at radius 1 is 1.64 bits per heavy atom. The van der Waals surface area contributed by atoms with Crippen LogP contribution in [0.25, 0.3) is 0 Å². The fourth-order valence-electron chi connectivity index (χ4n) is 1.01. The van der Waals surface area contributed by atoms with Gasteiger partial charge in [-0.2, -0.15) is 5.26 Å². The summed E-state index contributed by atoms with van der Waals surface area (Å²) in [5.41, 5.74) is 0.227. The Morgan fingerprint density at radius 2 is 2.36 bits per heavy atom. The van der Waals surface area contributed by atoms with Gasteiger partial charge in [-0.25, -0.2) is 0 Å². The third-order valence-corrected chi connectivity index (χ3v) is 1.59. The molecule has 0 radical (unpaired) electrons. The van der Waals surface area contributed by atoms with Crippen LogP contribution in [0.5, 0.6) is 5.75 Å². The monoisotopic (exact) mass is 192 g/mol. The van der Waals surface area contributed by atoms with Crippen molar-refractivity contribution in [1.29, 1.82) is 5.26 Å². The highest BCUT2D eigenvalue weighted by Crippen LogP contribution is 2.27. The average Bonchev–Trinajstić information content (AvgIpc) is 2.17. The topological polar surface area (TPSA) is 76.2 Å². The predicted octanol–water partition coefficient (Wildman–Crippen LogP) is 1.87. The molecule has 0 saturated heterocycles. The number of benzene rings is 1. The Bertz CT molecular complexity index is 396. The molecular formula is C9H8N2O3. The molecule has 1 rings (SSSR count). The second-order valence-corrected chi connectivity index (χ2v) is 2.48. The van der Waals surface area contributed by atoms with Crippen LogP contribution in [0.1, 0.15) is 12.5 Å². The normalized spacial score (nSPS) is 9.14. The second kappa shape index (κ2) is 4.23. The molecule has 0 aromatic heterocycles. The lowest BCUT2D eigenvalue weighted by Gasteiger charge is -2.03. The van der Waals surface area contributed by atoms with Crippen LogP contribution in [0.3, 0.4) is 0 Å². The maximum absolute atomic E-state index is 10.5. The van der Waals surface area contributed by atoms with Crippen molar-refractivity contribution < 1.29 is 9.66 Å². The highest BCUT2D eigenvalue weighted by Gasteiger charge is 2.14. The first kappa shape index (κ1) is 9.99. The van der Waals surface area contributed by atoms with Crippen LogP contribution < -0.4 is 4.74 Å². The summed E-state index contributed by atoms with van der Waals surface area (Å²) in [7, 11) is 0. The number of rotatable bonds is 3. The van der Waals surface area contributed by atoms with Crippen LogP contribution >= 0.6 is 0 Å². The lowest BCUT2D eigenvalue weighted by atomic mass is 10.2. The summed E-state index contributed by atoms with van der Waals surface area (Å²) in [5, 5.41) is 19.1. The number of nitrogens with zero attached hydrogens (tertiary/aromatic N) is 2. The highest BCUT2D eigenvalue weighted by atomic mass is 16.6. The minimum absolute atomic E-state index is 0.120. The van der Waals surface area contributed by atoms with E-state index in [1.165, 1.54) is 18.2 Å². The van der Waals surface area contributed by atoms with Crippen LogP contribution in [-0.2, 0) is 0 Å². The summed E-state index contributed by atoms with van der Waals surface area (Å²) in [6.07, 6.45) is 0. The maximum Gasteiger partial charge on any atom is 0.311 e. The molecule has 0 atom stereocenters. The zero-order valence-corrected chi connectivity index (χ0v) is 7.56. The molecule has 5 heteroatoms. The Balaban J connectivity index is 3.18. The van der Waals surface area contributed by atoms with Crippen LogP contribution in [-0.4, -0.2) is 11.5 Å². The van der Waals surface area contributed by atoms with E-state index in [4.69, 9.17) is 10.00 Å². The van der Waals surface area contributed by atoms with Gasteiger partial charge in [0.2, 0.25) is 0 Å². The number of hydrogen-bond donors (Lipinski definition) is 0. The summed E-state index contributed by atoms with van der Waals surface area (Å²) in [5.74, 6) is 0.136. The first-order chi connectivity index (χ1) is 6.69. The molecule has 0 spiro atoms. The smallest absolute Gasteiger partial charge is 0.311 e. The Labute approximate surface area is 80.7 Å². The molecule has 0 aliphatic rings. The highest BCUT2D eigenvalue weighted by molar-refractivity contribution is 5.51. The molecular weight excluding hydrogens is 184 g/mol. The molecule has 0 aliphatic carbocycles. The fraction of sp³-hybridized carbons (Fsp3) is 0.222. The van der Waals surface area contributed by atoms with Crippen molar-refractivity contribution in [3.05, 3.63) is 33.9 Å². The summed E-state index contributed by atoms with van der Waals surface area (Å²) in [6, 6.07) is 5.91. The summed E-state index contributed by atoms with van der Waals surface area (Å²) >= 11 is 0. The molecule has 5 nitrogen and oxygen atoms in total. The number of nitro benzene ring substituents is 1. The van der Waals surface area contributed by atoms with Crippen molar-refractivity contribution in [2.75, 3.05) is 6.61 Å². The van der Waals surface area contributed by atoms with E-state index in [1.54, 1.807) is 6.92 Å². The first-order valence-electron chi connectivity index (χ1n) is 4.00. The lowest BCUT2D eigenvalue weighted by Crippen LogP contribution is -1.97. The molecule has 0 unspecified atom stereocenters. The SMILES string of the molecule is CCOc1cc(C#N)ccc1[N+](=O)[O-]. The van der Waals surface area contributed by atoms with Gasteiger partial charge >= 0.3 is 5.69 Å². The van der Waals surface area contributed by atoms with Crippen molar-refractivity contribution in [2.45, 2.75) is 6.92 Å². The van der Waals surface area contributed by atoms with Crippen molar-refractivity contribution in [3.63, 3.8) is 0 Å². The average molecular weight is 192 g/mol. The van der Waals surface area contributed by atoms with E-state index in [0.717, 1.165) is 0 Å². The Morgan fingerprint density at radius 3 is 2.86 bits per heavy atom. The van der Waals surface area contributed by atoms with Crippen LogP contribution in [0.2, 0.25) is 0 Å². The Kier molecular flexibility index (Phi) is 3.02. The predicted molar refractivity (Wildman–Crippen MR) is 49.0 cm³/mol. The molecule has 0 amide bonds. The van der Waals surface area contributed by atoms with E-state index in [0.29, 0.717) is 12.2 Å². The summed E-state index contributed by atoms with van der Waals surface area (Å²) in [6.45, 7) is 2.05. The van der Waals surface area contributed by atoms with Crippen molar-refractivity contribution in [2.24, 2.45) is 0 Å². The molecule has 0 N–H and O–H groups in total. The minimum atomic E-state index is -0.536. The zero-order chi connectivity index (χ0) is 10.6. The van der Waals surface area contributed by atoms with Gasteiger partial charge in [0.15, 0.2) is 5.75 Å². The lowest BCUT2D eigenvalue weighted by molar-refractivity contribution is -0.385. The molecule has 0 aliphatic heterocycles. The third kappa shape index (κ3) is 1.98. The van der Waals surface area contributed by atoms with E-state index in [9.17, 15) is 10.1 Å². The molecule has 14 heavy (non-hydrogen) atoms.